The van der Waals surface area contributed by atoms with Crippen molar-refractivity contribution in [3.05, 3.63) is 0 Å². The lowest BCUT2D eigenvalue weighted by molar-refractivity contribution is -0.261. The van der Waals surface area contributed by atoms with Gasteiger partial charge in [-0.2, -0.15) is 0 Å². The summed E-state index contributed by atoms with van der Waals surface area (Å²) in [6, 6.07) is 0. The monoisotopic (exact) mass is 223 g/mol. The predicted molar refractivity (Wildman–Crippen MR) is 52.6 cm³/mol. The van der Waals surface area contributed by atoms with Crippen LogP contribution in [0.25, 0.3) is 0 Å². The normalized spacial score (nSPS) is 24.3. The fraction of sp³-hybridized carbons (Fsp3) is 1.00. The van der Waals surface area contributed by atoms with E-state index >= 15 is 0 Å². The van der Waals surface area contributed by atoms with Crippen molar-refractivity contribution in [2.75, 3.05) is 27.0 Å². The van der Waals surface area contributed by atoms with E-state index in [-0.39, 0.29) is 6.54 Å². The fourth-order valence-electron chi connectivity index (χ4n) is 1.86. The van der Waals surface area contributed by atoms with Crippen molar-refractivity contribution in [1.29, 1.82) is 0 Å². The van der Waals surface area contributed by atoms with Crippen molar-refractivity contribution in [3.8, 4) is 0 Å². The van der Waals surface area contributed by atoms with Gasteiger partial charge >= 0.3 is 0 Å². The van der Waals surface area contributed by atoms with Crippen LogP contribution in [0.2, 0.25) is 0 Å². The number of hydrogen-bond donors (Lipinski definition) is 1. The molecule has 0 radical (unpaired) electrons. The molecule has 0 heterocycles. The molecule has 0 bridgehead atoms. The zero-order chi connectivity index (χ0) is 11.0. The molecule has 1 aliphatic carbocycles. The van der Waals surface area contributed by atoms with E-state index in [1.165, 1.54) is 20.5 Å². The van der Waals surface area contributed by atoms with E-state index in [1.54, 1.807) is 0 Å². The molecule has 0 spiro atoms. The van der Waals surface area contributed by atoms with E-state index in [1.807, 2.05) is 0 Å². The topological polar surface area (TPSA) is 78.6 Å². The van der Waals surface area contributed by atoms with Gasteiger partial charge in [0.25, 0.3) is 0 Å². The first-order chi connectivity index (χ1) is 6.35. The van der Waals surface area contributed by atoms with Crippen molar-refractivity contribution < 1.29 is 17.9 Å². The van der Waals surface area contributed by atoms with Crippen LogP contribution in [-0.4, -0.2) is 46.0 Å². The molecule has 0 unspecified atom stereocenters. The molecule has 1 rings (SSSR count). The quantitative estimate of drug-likeness (QED) is 0.651. The van der Waals surface area contributed by atoms with Crippen molar-refractivity contribution in [1.82, 2.24) is 0 Å². The molecule has 2 N–H and O–H groups in total. The third-order valence-electron chi connectivity index (χ3n) is 3.09. The summed E-state index contributed by atoms with van der Waals surface area (Å²) < 4.78 is 32.4. The first-order valence-electron chi connectivity index (χ1n) is 4.35. The van der Waals surface area contributed by atoms with Crippen molar-refractivity contribution in [3.63, 3.8) is 0 Å². The summed E-state index contributed by atoms with van der Waals surface area (Å²) >= 11 is 0. The first-order valence-corrected chi connectivity index (χ1v) is 6.24. The Morgan fingerprint density at radius 1 is 1.29 bits per heavy atom. The van der Waals surface area contributed by atoms with Crippen LogP contribution < -0.4 is 5.73 Å². The second kappa shape index (κ2) is 3.44. The van der Waals surface area contributed by atoms with Crippen LogP contribution in [0.1, 0.15) is 12.8 Å². The Morgan fingerprint density at radius 2 is 1.71 bits per heavy atom. The number of hydrogen-bond acceptors (Lipinski definition) is 5. The Morgan fingerprint density at radius 3 is 1.93 bits per heavy atom. The zero-order valence-electron chi connectivity index (χ0n) is 8.74. The average molecular weight is 223 g/mol. The van der Waals surface area contributed by atoms with Crippen LogP contribution in [0.4, 0.5) is 0 Å². The van der Waals surface area contributed by atoms with E-state index in [9.17, 15) is 8.42 Å². The van der Waals surface area contributed by atoms with Gasteiger partial charge in [0.2, 0.25) is 0 Å². The standard InChI is InChI=1S/C8H17NO4S/c1-12-8(13-2)4-7(5-8,6-9)14(3,10)11/h4-6,9H2,1-3H3. The molecule has 1 aliphatic rings. The van der Waals surface area contributed by atoms with Crippen LogP contribution in [0.3, 0.4) is 0 Å². The van der Waals surface area contributed by atoms with Crippen molar-refractivity contribution >= 4 is 9.84 Å². The summed E-state index contributed by atoms with van der Waals surface area (Å²) in [4.78, 5) is 0. The molecule has 0 amide bonds. The molecule has 0 saturated heterocycles. The molecular weight excluding hydrogens is 206 g/mol. The summed E-state index contributed by atoms with van der Waals surface area (Å²) in [5.41, 5.74) is 5.50. The Bertz CT molecular complexity index is 299. The lowest BCUT2D eigenvalue weighted by Gasteiger charge is -2.52. The molecule has 0 aromatic rings. The molecule has 0 aliphatic heterocycles. The molecule has 5 nitrogen and oxygen atoms in total. The molecule has 0 aromatic heterocycles. The van der Waals surface area contributed by atoms with E-state index in [0.29, 0.717) is 12.8 Å². The Kier molecular flexibility index (Phi) is 2.93. The molecule has 0 aromatic carbocycles. The van der Waals surface area contributed by atoms with Gasteiger partial charge in [-0.15, -0.1) is 0 Å². The smallest absolute Gasteiger partial charge is 0.170 e. The summed E-state index contributed by atoms with van der Waals surface area (Å²) in [6.45, 7) is 0.111. The summed E-state index contributed by atoms with van der Waals surface area (Å²) in [5, 5.41) is 0. The maximum atomic E-state index is 11.5. The van der Waals surface area contributed by atoms with Crippen molar-refractivity contribution in [2.45, 2.75) is 23.4 Å². The van der Waals surface area contributed by atoms with Gasteiger partial charge in [-0.05, 0) is 0 Å². The summed E-state index contributed by atoms with van der Waals surface area (Å²) in [5.74, 6) is -0.761. The van der Waals surface area contributed by atoms with Crippen LogP contribution in [0.5, 0.6) is 0 Å². The highest BCUT2D eigenvalue weighted by Crippen LogP contribution is 2.48. The maximum absolute atomic E-state index is 11.5. The van der Waals surface area contributed by atoms with Crippen molar-refractivity contribution in [2.24, 2.45) is 5.73 Å². The second-order valence-corrected chi connectivity index (χ2v) is 6.24. The number of rotatable bonds is 4. The molecule has 6 heteroatoms. The maximum Gasteiger partial charge on any atom is 0.170 e. The minimum absolute atomic E-state index is 0.111. The van der Waals surface area contributed by atoms with Gasteiger partial charge < -0.3 is 15.2 Å². The van der Waals surface area contributed by atoms with Gasteiger partial charge in [-0.25, -0.2) is 8.42 Å². The minimum Gasteiger partial charge on any atom is -0.353 e. The van der Waals surface area contributed by atoms with Gasteiger partial charge in [-0.1, -0.05) is 0 Å². The second-order valence-electron chi connectivity index (χ2n) is 3.83. The molecule has 1 fully saturated rings. The number of methoxy groups -OCH3 is 2. The van der Waals surface area contributed by atoms with Gasteiger partial charge in [0.05, 0.1) is 4.75 Å². The fourth-order valence-corrected chi connectivity index (χ4v) is 3.13. The zero-order valence-corrected chi connectivity index (χ0v) is 9.56. The third kappa shape index (κ3) is 1.56. The SMILES string of the molecule is COC1(OC)CC(CN)(S(C)(=O)=O)C1. The first kappa shape index (κ1) is 11.9. The molecule has 14 heavy (non-hydrogen) atoms. The highest BCUT2D eigenvalue weighted by Gasteiger charge is 2.60. The summed E-state index contributed by atoms with van der Waals surface area (Å²) in [6.07, 6.45) is 1.82. The predicted octanol–water partition coefficient (Wildman–Crippen LogP) is -0.489. The molecular formula is C8H17NO4S. The molecule has 0 atom stereocenters. The number of sulfone groups is 1. The van der Waals surface area contributed by atoms with Gasteiger partial charge in [0.1, 0.15) is 0 Å². The van der Waals surface area contributed by atoms with E-state index < -0.39 is 20.4 Å². The lowest BCUT2D eigenvalue weighted by atomic mass is 9.77. The number of nitrogens with two attached hydrogens (primary N) is 1. The van der Waals surface area contributed by atoms with E-state index in [2.05, 4.69) is 0 Å². The van der Waals surface area contributed by atoms with Gasteiger partial charge in [-0.3, -0.25) is 0 Å². The summed E-state index contributed by atoms with van der Waals surface area (Å²) in [7, 11) is -0.142. The molecule has 84 valence electrons. The van der Waals surface area contributed by atoms with E-state index in [4.69, 9.17) is 15.2 Å². The van der Waals surface area contributed by atoms with Gasteiger partial charge in [0, 0.05) is 39.9 Å². The van der Waals surface area contributed by atoms with Crippen LogP contribution in [-0.2, 0) is 19.3 Å². The molecule has 1 saturated carbocycles. The highest BCUT2D eigenvalue weighted by molar-refractivity contribution is 7.92. The van der Waals surface area contributed by atoms with Crippen LogP contribution in [0, 0.1) is 0 Å². The Balaban J connectivity index is 2.85. The number of ether oxygens (including phenoxy) is 2. The Labute approximate surface area is 84.5 Å². The highest BCUT2D eigenvalue weighted by atomic mass is 32.2. The third-order valence-corrected chi connectivity index (χ3v) is 5.11. The Hall–Kier alpha value is -0.170. The van der Waals surface area contributed by atoms with Gasteiger partial charge in [0.15, 0.2) is 15.6 Å². The van der Waals surface area contributed by atoms with Crippen LogP contribution in [0.15, 0.2) is 0 Å². The largest absolute Gasteiger partial charge is 0.353 e. The van der Waals surface area contributed by atoms with Crippen LogP contribution >= 0.6 is 0 Å². The van der Waals surface area contributed by atoms with E-state index in [0.717, 1.165) is 0 Å². The average Bonchev–Trinajstić information content (AvgIpc) is 2.03. The lowest BCUT2D eigenvalue weighted by Crippen LogP contribution is -2.65. The minimum atomic E-state index is -3.15.